The maximum Gasteiger partial charge on any atom is 0.310 e. The van der Waals surface area contributed by atoms with Gasteiger partial charge in [0.15, 0.2) is 0 Å². The molecule has 1 saturated carbocycles. The first-order valence-electron chi connectivity index (χ1n) is 8.71. The van der Waals surface area contributed by atoms with Crippen LogP contribution < -0.4 is 0 Å². The molecule has 2 aliphatic heterocycles. The van der Waals surface area contributed by atoms with Gasteiger partial charge >= 0.3 is 5.97 Å². The lowest BCUT2D eigenvalue weighted by atomic mass is 9.82. The van der Waals surface area contributed by atoms with Crippen molar-refractivity contribution in [3.8, 4) is 0 Å². The van der Waals surface area contributed by atoms with Crippen LogP contribution >= 0.6 is 0 Å². The number of rotatable bonds is 4. The standard InChI is InChI=1S/C17H29NO3/c1-2-6-16(15(19)20)9-10-18(13-16)14-5-11-21-17(12-14)7-3-4-8-17/h14H,2-13H2,1H3,(H,19,20). The van der Waals surface area contributed by atoms with E-state index in [0.29, 0.717) is 6.04 Å². The lowest BCUT2D eigenvalue weighted by Gasteiger charge is -2.42. The predicted molar refractivity (Wildman–Crippen MR) is 81.3 cm³/mol. The number of ether oxygens (including phenoxy) is 1. The van der Waals surface area contributed by atoms with Crippen molar-refractivity contribution in [3.05, 3.63) is 0 Å². The highest BCUT2D eigenvalue weighted by atomic mass is 16.5. The Morgan fingerprint density at radius 1 is 1.33 bits per heavy atom. The normalized spacial score (nSPS) is 36.3. The van der Waals surface area contributed by atoms with Crippen molar-refractivity contribution < 1.29 is 14.6 Å². The number of likely N-dealkylation sites (tertiary alicyclic amines) is 1. The van der Waals surface area contributed by atoms with Crippen LogP contribution in [0.2, 0.25) is 0 Å². The summed E-state index contributed by atoms with van der Waals surface area (Å²) in [6.07, 6.45) is 9.78. The topological polar surface area (TPSA) is 49.8 Å². The monoisotopic (exact) mass is 295 g/mol. The van der Waals surface area contributed by atoms with Crippen LogP contribution in [0, 0.1) is 5.41 Å². The van der Waals surface area contributed by atoms with Crippen LogP contribution in [0.15, 0.2) is 0 Å². The van der Waals surface area contributed by atoms with Gasteiger partial charge in [-0.3, -0.25) is 9.69 Å². The average molecular weight is 295 g/mol. The number of aliphatic carboxylic acids is 1. The third-order valence-corrected chi connectivity index (χ3v) is 6.06. The third kappa shape index (κ3) is 2.85. The van der Waals surface area contributed by atoms with E-state index in [1.165, 1.54) is 25.7 Å². The summed E-state index contributed by atoms with van der Waals surface area (Å²) >= 11 is 0. The van der Waals surface area contributed by atoms with Gasteiger partial charge in [-0.05, 0) is 45.1 Å². The number of carbonyl (C=O) groups is 1. The first-order valence-corrected chi connectivity index (χ1v) is 8.71. The van der Waals surface area contributed by atoms with Crippen molar-refractivity contribution in [2.75, 3.05) is 19.7 Å². The molecule has 1 spiro atoms. The van der Waals surface area contributed by atoms with E-state index in [1.54, 1.807) is 0 Å². The van der Waals surface area contributed by atoms with Crippen LogP contribution in [0.4, 0.5) is 0 Å². The van der Waals surface area contributed by atoms with Crippen molar-refractivity contribution in [1.82, 2.24) is 4.90 Å². The molecule has 4 heteroatoms. The van der Waals surface area contributed by atoms with E-state index >= 15 is 0 Å². The molecule has 1 N–H and O–H groups in total. The van der Waals surface area contributed by atoms with Crippen LogP contribution in [0.5, 0.6) is 0 Å². The van der Waals surface area contributed by atoms with E-state index < -0.39 is 11.4 Å². The molecule has 0 radical (unpaired) electrons. The molecule has 0 amide bonds. The summed E-state index contributed by atoms with van der Waals surface area (Å²) in [5.41, 5.74) is -0.363. The second kappa shape index (κ2) is 5.88. The number of carboxylic acids is 1. The molecule has 2 atom stereocenters. The Kier molecular flexibility index (Phi) is 4.28. The van der Waals surface area contributed by atoms with Gasteiger partial charge in [0.1, 0.15) is 0 Å². The molecule has 2 saturated heterocycles. The quantitative estimate of drug-likeness (QED) is 0.866. The summed E-state index contributed by atoms with van der Waals surface area (Å²) < 4.78 is 6.12. The van der Waals surface area contributed by atoms with Gasteiger partial charge in [-0.1, -0.05) is 26.2 Å². The van der Waals surface area contributed by atoms with E-state index in [9.17, 15) is 9.90 Å². The van der Waals surface area contributed by atoms with Gasteiger partial charge in [0, 0.05) is 19.2 Å². The molecule has 0 bridgehead atoms. The van der Waals surface area contributed by atoms with Crippen LogP contribution in [0.3, 0.4) is 0 Å². The smallest absolute Gasteiger partial charge is 0.310 e. The van der Waals surface area contributed by atoms with Gasteiger partial charge in [-0.15, -0.1) is 0 Å². The first-order chi connectivity index (χ1) is 10.1. The fourth-order valence-corrected chi connectivity index (χ4v) is 4.86. The lowest BCUT2D eigenvalue weighted by Crippen LogP contribution is -2.48. The summed E-state index contributed by atoms with van der Waals surface area (Å²) in [7, 11) is 0. The molecular weight excluding hydrogens is 266 g/mol. The van der Waals surface area contributed by atoms with E-state index in [-0.39, 0.29) is 5.60 Å². The third-order valence-electron chi connectivity index (χ3n) is 6.06. The molecule has 0 aromatic rings. The molecular formula is C17H29NO3. The molecule has 3 rings (SSSR count). The van der Waals surface area contributed by atoms with Gasteiger partial charge in [0.2, 0.25) is 0 Å². The number of carboxylic acid groups (broad SMARTS) is 1. The van der Waals surface area contributed by atoms with Crippen molar-refractivity contribution in [1.29, 1.82) is 0 Å². The van der Waals surface area contributed by atoms with Gasteiger partial charge in [0.05, 0.1) is 11.0 Å². The van der Waals surface area contributed by atoms with E-state index in [0.717, 1.165) is 51.8 Å². The predicted octanol–water partition coefficient (Wildman–Crippen LogP) is 3.06. The fourth-order valence-electron chi connectivity index (χ4n) is 4.86. The van der Waals surface area contributed by atoms with Crippen molar-refractivity contribution in [2.45, 2.75) is 76.4 Å². The zero-order valence-electron chi connectivity index (χ0n) is 13.3. The molecule has 3 fully saturated rings. The number of nitrogens with zero attached hydrogens (tertiary/aromatic N) is 1. The number of hydrogen-bond acceptors (Lipinski definition) is 3. The Labute approximate surface area is 127 Å². The number of hydrogen-bond donors (Lipinski definition) is 1. The largest absolute Gasteiger partial charge is 0.481 e. The molecule has 21 heavy (non-hydrogen) atoms. The highest BCUT2D eigenvalue weighted by Gasteiger charge is 2.48. The molecule has 1 aliphatic carbocycles. The summed E-state index contributed by atoms with van der Waals surface area (Å²) in [6, 6.07) is 0.537. The average Bonchev–Trinajstić information content (AvgIpc) is 3.08. The maximum absolute atomic E-state index is 11.7. The minimum atomic E-state index is -0.588. The second-order valence-corrected chi connectivity index (χ2v) is 7.44. The highest BCUT2D eigenvalue weighted by Crippen LogP contribution is 2.44. The first kappa shape index (κ1) is 15.3. The molecule has 4 nitrogen and oxygen atoms in total. The van der Waals surface area contributed by atoms with Crippen molar-refractivity contribution in [3.63, 3.8) is 0 Å². The maximum atomic E-state index is 11.7. The SMILES string of the molecule is CCCC1(C(=O)O)CCN(C2CCOC3(CCCC3)C2)C1. The lowest BCUT2D eigenvalue weighted by molar-refractivity contribution is -0.149. The van der Waals surface area contributed by atoms with Gasteiger partial charge in [-0.25, -0.2) is 0 Å². The summed E-state index contributed by atoms with van der Waals surface area (Å²) in [6.45, 7) is 4.65. The van der Waals surface area contributed by atoms with Gasteiger partial charge in [-0.2, -0.15) is 0 Å². The molecule has 0 aromatic heterocycles. The minimum absolute atomic E-state index is 0.127. The van der Waals surface area contributed by atoms with Crippen molar-refractivity contribution in [2.24, 2.45) is 5.41 Å². The van der Waals surface area contributed by atoms with Crippen molar-refractivity contribution >= 4 is 5.97 Å². The Hall–Kier alpha value is -0.610. The molecule has 2 heterocycles. The Bertz CT molecular complexity index is 391. The molecule has 3 aliphatic rings. The second-order valence-electron chi connectivity index (χ2n) is 7.44. The summed E-state index contributed by atoms with van der Waals surface area (Å²) in [5, 5.41) is 9.66. The molecule has 120 valence electrons. The fraction of sp³-hybridized carbons (Fsp3) is 0.941. The van der Waals surface area contributed by atoms with Gasteiger partial charge < -0.3 is 9.84 Å². The Balaban J connectivity index is 1.66. The summed E-state index contributed by atoms with van der Waals surface area (Å²) in [5.74, 6) is -0.588. The van der Waals surface area contributed by atoms with E-state index in [1.807, 2.05) is 0 Å². The Morgan fingerprint density at radius 3 is 2.76 bits per heavy atom. The van der Waals surface area contributed by atoms with E-state index in [2.05, 4.69) is 11.8 Å². The van der Waals surface area contributed by atoms with Crippen LogP contribution in [0.1, 0.15) is 64.7 Å². The van der Waals surface area contributed by atoms with Crippen LogP contribution in [-0.4, -0.2) is 47.3 Å². The van der Waals surface area contributed by atoms with E-state index in [4.69, 9.17) is 4.74 Å². The zero-order valence-corrected chi connectivity index (χ0v) is 13.3. The van der Waals surface area contributed by atoms with Gasteiger partial charge in [0.25, 0.3) is 0 Å². The zero-order chi connectivity index (χ0) is 14.9. The highest BCUT2D eigenvalue weighted by molar-refractivity contribution is 5.75. The Morgan fingerprint density at radius 2 is 2.10 bits per heavy atom. The summed E-state index contributed by atoms with van der Waals surface area (Å²) in [4.78, 5) is 14.2. The van der Waals surface area contributed by atoms with Crippen LogP contribution in [0.25, 0.3) is 0 Å². The molecule has 2 unspecified atom stereocenters. The minimum Gasteiger partial charge on any atom is -0.481 e. The van der Waals surface area contributed by atoms with Crippen LogP contribution in [-0.2, 0) is 9.53 Å². The molecule has 0 aromatic carbocycles.